The van der Waals surface area contributed by atoms with Crippen molar-refractivity contribution in [3.05, 3.63) is 105 Å². The maximum atomic E-state index is 13.4. The van der Waals surface area contributed by atoms with E-state index in [1.165, 1.54) is 0 Å². The van der Waals surface area contributed by atoms with Gasteiger partial charge in [0.2, 0.25) is 0 Å². The molecule has 1 saturated heterocycles. The zero-order valence-electron chi connectivity index (χ0n) is 17.7. The summed E-state index contributed by atoms with van der Waals surface area (Å²) in [6.45, 7) is 0.691. The molecule has 5 rings (SSSR count). The number of amides is 1. The third kappa shape index (κ3) is 4.10. The van der Waals surface area contributed by atoms with Crippen LogP contribution in [0.4, 0.5) is 5.69 Å². The number of nitrogens with zero attached hydrogens (tertiary/aromatic N) is 3. The van der Waals surface area contributed by atoms with Crippen molar-refractivity contribution in [1.29, 1.82) is 0 Å². The molecule has 1 fully saturated rings. The lowest BCUT2D eigenvalue weighted by Gasteiger charge is -2.16. The van der Waals surface area contributed by atoms with E-state index in [-0.39, 0.29) is 5.91 Å². The molecule has 0 bridgehead atoms. The van der Waals surface area contributed by atoms with Crippen molar-refractivity contribution in [2.24, 2.45) is 0 Å². The highest BCUT2D eigenvalue weighted by atomic mass is 79.9. The largest absolute Gasteiger partial charge is 0.342 e. The van der Waals surface area contributed by atoms with Gasteiger partial charge in [-0.05, 0) is 66.3 Å². The van der Waals surface area contributed by atoms with E-state index in [1.807, 2.05) is 73.8 Å². The smallest absolute Gasteiger partial charge is 0.281 e. The van der Waals surface area contributed by atoms with E-state index in [4.69, 9.17) is 23.8 Å². The monoisotopic (exact) mass is 535 g/mol. The molecule has 33 heavy (non-hydrogen) atoms. The predicted octanol–water partition coefficient (Wildman–Crippen LogP) is 6.71. The number of thiocarbonyl (C=S) groups is 1. The van der Waals surface area contributed by atoms with E-state index in [1.54, 1.807) is 9.80 Å². The first-order chi connectivity index (χ1) is 15.9. The molecule has 4 nitrogen and oxygen atoms in total. The number of fused-ring (bicyclic) bond motifs is 1. The number of hydrogen-bond acceptors (Lipinski definition) is 2. The van der Waals surface area contributed by atoms with Crippen LogP contribution in [-0.4, -0.2) is 27.5 Å². The normalized spacial score (nSPS) is 15.3. The van der Waals surface area contributed by atoms with Gasteiger partial charge in [0.05, 0.1) is 5.69 Å². The van der Waals surface area contributed by atoms with Crippen LogP contribution in [0.5, 0.6) is 0 Å². The summed E-state index contributed by atoms with van der Waals surface area (Å²) in [7, 11) is 1.83. The van der Waals surface area contributed by atoms with Crippen LogP contribution in [0.3, 0.4) is 0 Å². The summed E-state index contributed by atoms with van der Waals surface area (Å²) in [6, 6.07) is 23.5. The topological polar surface area (TPSA) is 28.5 Å². The van der Waals surface area contributed by atoms with E-state index >= 15 is 0 Å². The Kier molecular flexibility index (Phi) is 5.83. The number of likely N-dealkylation sites (N-methyl/N-ethyl adjacent to an activating group) is 1. The standard InChI is InChI=1S/C26H19BrClN3OS/c1-29-24(25(32)31(26(29)33)21-5-3-2-4-6-21)13-18-16-30(15-17-7-10-20(28)11-8-17)23-12-9-19(27)14-22(18)23/h2-14,16H,15H2,1H3/b24-13-. The van der Waals surface area contributed by atoms with Gasteiger partial charge in [0.25, 0.3) is 5.91 Å². The van der Waals surface area contributed by atoms with Crippen LogP contribution in [0, 0.1) is 0 Å². The van der Waals surface area contributed by atoms with Crippen molar-refractivity contribution in [1.82, 2.24) is 9.47 Å². The van der Waals surface area contributed by atoms with Crippen LogP contribution >= 0.6 is 39.7 Å². The zero-order valence-corrected chi connectivity index (χ0v) is 20.9. The highest BCUT2D eigenvalue weighted by molar-refractivity contribution is 9.10. The molecule has 0 aliphatic carbocycles. The van der Waals surface area contributed by atoms with E-state index in [2.05, 4.69) is 38.8 Å². The van der Waals surface area contributed by atoms with Crippen LogP contribution in [0.25, 0.3) is 17.0 Å². The van der Waals surface area contributed by atoms with Crippen molar-refractivity contribution in [2.45, 2.75) is 6.54 Å². The summed E-state index contributed by atoms with van der Waals surface area (Å²) < 4.78 is 3.16. The van der Waals surface area contributed by atoms with Gasteiger partial charge in [0.15, 0.2) is 5.11 Å². The molecular weight excluding hydrogens is 518 g/mol. The van der Waals surface area contributed by atoms with E-state index in [9.17, 15) is 4.79 Å². The summed E-state index contributed by atoms with van der Waals surface area (Å²) in [4.78, 5) is 16.7. The summed E-state index contributed by atoms with van der Waals surface area (Å²) in [5, 5.41) is 2.23. The van der Waals surface area contributed by atoms with E-state index < -0.39 is 0 Å². The maximum Gasteiger partial charge on any atom is 0.281 e. The first-order valence-electron chi connectivity index (χ1n) is 10.3. The Balaban J connectivity index is 1.58. The molecule has 4 aromatic rings. The average molecular weight is 537 g/mol. The molecule has 1 aliphatic rings. The Morgan fingerprint density at radius 1 is 1.03 bits per heavy atom. The third-order valence-corrected chi connectivity index (χ3v) is 6.91. The molecule has 0 unspecified atom stereocenters. The SMILES string of the molecule is CN1C(=S)N(c2ccccc2)C(=O)/C1=C/c1cn(Cc2ccc(Cl)cc2)c2ccc(Br)cc12. The van der Waals surface area contributed by atoms with Gasteiger partial charge in [-0.2, -0.15) is 0 Å². The second kappa shape index (κ2) is 8.78. The third-order valence-electron chi connectivity index (χ3n) is 5.71. The van der Waals surface area contributed by atoms with E-state index in [0.717, 1.165) is 32.2 Å². The van der Waals surface area contributed by atoms with Crippen molar-refractivity contribution in [3.63, 3.8) is 0 Å². The molecule has 1 aromatic heterocycles. The zero-order chi connectivity index (χ0) is 23.1. The number of hydrogen-bond donors (Lipinski definition) is 0. The minimum atomic E-state index is -0.137. The predicted molar refractivity (Wildman–Crippen MR) is 142 cm³/mol. The molecule has 7 heteroatoms. The second-order valence-corrected chi connectivity index (χ2v) is 9.56. The molecule has 0 atom stereocenters. The molecule has 3 aromatic carbocycles. The van der Waals surface area contributed by atoms with E-state index in [0.29, 0.717) is 22.4 Å². The number of aromatic nitrogens is 1. The number of para-hydroxylation sites is 1. The van der Waals surface area contributed by atoms with Gasteiger partial charge in [-0.25, -0.2) is 0 Å². The molecule has 0 spiro atoms. The summed E-state index contributed by atoms with van der Waals surface area (Å²) in [5.74, 6) is -0.137. The first kappa shape index (κ1) is 21.9. The number of halogens is 2. The molecule has 0 radical (unpaired) electrons. The number of benzene rings is 3. The summed E-state index contributed by atoms with van der Waals surface area (Å²) in [5.41, 5.74) is 4.47. The molecule has 2 heterocycles. The van der Waals surface area contributed by atoms with Gasteiger partial charge in [0.1, 0.15) is 5.70 Å². The van der Waals surface area contributed by atoms with Gasteiger partial charge >= 0.3 is 0 Å². The maximum absolute atomic E-state index is 13.4. The quantitative estimate of drug-likeness (QED) is 0.214. The van der Waals surface area contributed by atoms with Crippen LogP contribution < -0.4 is 4.90 Å². The van der Waals surface area contributed by atoms with Gasteiger partial charge in [-0.15, -0.1) is 0 Å². The lowest BCUT2D eigenvalue weighted by Crippen LogP contribution is -2.30. The average Bonchev–Trinajstić information content (AvgIpc) is 3.25. The van der Waals surface area contributed by atoms with Gasteiger partial charge in [-0.3, -0.25) is 9.69 Å². The Bertz CT molecular complexity index is 1410. The minimum Gasteiger partial charge on any atom is -0.342 e. The van der Waals surface area contributed by atoms with Crippen molar-refractivity contribution >= 4 is 73.4 Å². The molecule has 0 saturated carbocycles. The highest BCUT2D eigenvalue weighted by Gasteiger charge is 2.36. The summed E-state index contributed by atoms with van der Waals surface area (Å²) in [6.07, 6.45) is 4.00. The fraction of sp³-hybridized carbons (Fsp3) is 0.0769. The Hall–Kier alpha value is -2.93. The first-order valence-corrected chi connectivity index (χ1v) is 11.9. The van der Waals surface area contributed by atoms with Gasteiger partial charge in [0, 0.05) is 45.8 Å². The fourth-order valence-corrected chi connectivity index (χ4v) is 4.81. The highest BCUT2D eigenvalue weighted by Crippen LogP contribution is 2.32. The molecule has 164 valence electrons. The minimum absolute atomic E-state index is 0.137. The van der Waals surface area contributed by atoms with Gasteiger partial charge in [-0.1, -0.05) is 57.9 Å². The fourth-order valence-electron chi connectivity index (χ4n) is 4.04. The molecule has 0 N–H and O–H groups in total. The van der Waals surface area contributed by atoms with Crippen LogP contribution in [0.15, 0.2) is 89.2 Å². The van der Waals surface area contributed by atoms with Crippen molar-refractivity contribution in [3.8, 4) is 0 Å². The Morgan fingerprint density at radius 3 is 2.48 bits per heavy atom. The van der Waals surface area contributed by atoms with Crippen molar-refractivity contribution < 1.29 is 4.79 Å². The molecular formula is C26H19BrClN3OS. The van der Waals surface area contributed by atoms with Gasteiger partial charge < -0.3 is 9.47 Å². The molecule has 1 aliphatic heterocycles. The molecule has 1 amide bonds. The Morgan fingerprint density at radius 2 is 1.76 bits per heavy atom. The summed E-state index contributed by atoms with van der Waals surface area (Å²) >= 11 is 15.2. The lowest BCUT2D eigenvalue weighted by molar-refractivity contribution is -0.114. The number of anilines is 1. The van der Waals surface area contributed by atoms with Crippen molar-refractivity contribution in [2.75, 3.05) is 11.9 Å². The Labute approximate surface area is 210 Å². The van der Waals surface area contributed by atoms with Crippen LogP contribution in [-0.2, 0) is 11.3 Å². The number of rotatable bonds is 4. The van der Waals surface area contributed by atoms with Crippen LogP contribution in [0.1, 0.15) is 11.1 Å². The number of carbonyl (C=O) groups excluding carboxylic acids is 1. The number of carbonyl (C=O) groups is 1. The lowest BCUT2D eigenvalue weighted by atomic mass is 10.1. The second-order valence-electron chi connectivity index (χ2n) is 7.85. The van der Waals surface area contributed by atoms with Crippen LogP contribution in [0.2, 0.25) is 5.02 Å².